The van der Waals surface area contributed by atoms with E-state index in [0.29, 0.717) is 6.04 Å². The molecule has 0 aliphatic carbocycles. The van der Waals surface area contributed by atoms with Gasteiger partial charge in [-0.2, -0.15) is 0 Å². The van der Waals surface area contributed by atoms with Crippen LogP contribution < -0.4 is 5.32 Å². The zero-order valence-corrected chi connectivity index (χ0v) is 13.1. The number of hydrogen-bond acceptors (Lipinski definition) is 2. The standard InChI is InChI=1S/C17H23NS/c1-5-18-17(16-6-7-19-14(16)4)11-15-9-12(2)8-13(3)10-15/h6-10,17-18H,5,11H2,1-4H3. The molecule has 0 saturated heterocycles. The van der Waals surface area contributed by atoms with Gasteiger partial charge in [0.2, 0.25) is 0 Å². The molecule has 2 heteroatoms. The fourth-order valence-corrected chi connectivity index (χ4v) is 3.48. The first-order chi connectivity index (χ1) is 9.10. The molecule has 19 heavy (non-hydrogen) atoms. The fraction of sp³-hybridized carbons (Fsp3) is 0.412. The molecule has 0 radical (unpaired) electrons. The second-order valence-corrected chi connectivity index (χ2v) is 6.36. The van der Waals surface area contributed by atoms with E-state index in [1.54, 1.807) is 0 Å². The molecule has 1 unspecified atom stereocenters. The van der Waals surface area contributed by atoms with Crippen LogP contribution >= 0.6 is 11.3 Å². The van der Waals surface area contributed by atoms with Crippen molar-refractivity contribution in [3.8, 4) is 0 Å². The largest absolute Gasteiger partial charge is 0.310 e. The molecule has 1 aromatic heterocycles. The van der Waals surface area contributed by atoms with Crippen LogP contribution in [0.15, 0.2) is 29.6 Å². The highest BCUT2D eigenvalue weighted by Crippen LogP contribution is 2.26. The maximum atomic E-state index is 3.62. The van der Waals surface area contributed by atoms with Gasteiger partial charge in [0.1, 0.15) is 0 Å². The minimum Gasteiger partial charge on any atom is -0.310 e. The Hall–Kier alpha value is -1.12. The molecule has 1 N–H and O–H groups in total. The lowest BCUT2D eigenvalue weighted by Gasteiger charge is -2.19. The van der Waals surface area contributed by atoms with Crippen molar-refractivity contribution in [1.29, 1.82) is 0 Å². The van der Waals surface area contributed by atoms with Crippen LogP contribution in [0, 0.1) is 20.8 Å². The Labute approximate surface area is 120 Å². The summed E-state index contributed by atoms with van der Waals surface area (Å²) >= 11 is 1.84. The highest BCUT2D eigenvalue weighted by Gasteiger charge is 2.14. The summed E-state index contributed by atoms with van der Waals surface area (Å²) in [5.74, 6) is 0. The van der Waals surface area contributed by atoms with Crippen LogP contribution in [0.2, 0.25) is 0 Å². The van der Waals surface area contributed by atoms with Crippen LogP contribution in [0.25, 0.3) is 0 Å². The van der Waals surface area contributed by atoms with Crippen LogP contribution in [-0.2, 0) is 6.42 Å². The number of hydrogen-bond donors (Lipinski definition) is 1. The molecule has 102 valence electrons. The van der Waals surface area contributed by atoms with E-state index in [4.69, 9.17) is 0 Å². The molecule has 1 heterocycles. The number of likely N-dealkylation sites (N-methyl/N-ethyl adjacent to an activating group) is 1. The Morgan fingerprint density at radius 2 is 1.79 bits per heavy atom. The van der Waals surface area contributed by atoms with Crippen molar-refractivity contribution < 1.29 is 0 Å². The summed E-state index contributed by atoms with van der Waals surface area (Å²) < 4.78 is 0. The average Bonchev–Trinajstić information content (AvgIpc) is 2.73. The normalized spacial score (nSPS) is 12.6. The van der Waals surface area contributed by atoms with Gasteiger partial charge >= 0.3 is 0 Å². The zero-order chi connectivity index (χ0) is 13.8. The molecular weight excluding hydrogens is 250 g/mol. The Morgan fingerprint density at radius 1 is 1.11 bits per heavy atom. The molecule has 2 rings (SSSR count). The number of rotatable bonds is 5. The summed E-state index contributed by atoms with van der Waals surface area (Å²) in [6.45, 7) is 9.75. The first-order valence-electron chi connectivity index (χ1n) is 6.94. The van der Waals surface area contributed by atoms with Gasteiger partial charge < -0.3 is 5.32 Å². The second kappa shape index (κ2) is 6.36. The first kappa shape index (κ1) is 14.3. The zero-order valence-electron chi connectivity index (χ0n) is 12.3. The van der Waals surface area contributed by atoms with Crippen molar-refractivity contribution in [1.82, 2.24) is 5.32 Å². The fourth-order valence-electron chi connectivity index (χ4n) is 2.72. The predicted octanol–water partition coefficient (Wildman–Crippen LogP) is 4.57. The highest BCUT2D eigenvalue weighted by molar-refractivity contribution is 7.10. The van der Waals surface area contributed by atoms with Crippen LogP contribution in [0.1, 0.15) is 40.1 Å². The first-order valence-corrected chi connectivity index (χ1v) is 7.82. The number of benzene rings is 1. The third kappa shape index (κ3) is 3.68. The van der Waals surface area contributed by atoms with Crippen LogP contribution in [0.5, 0.6) is 0 Å². The summed E-state index contributed by atoms with van der Waals surface area (Å²) in [7, 11) is 0. The number of nitrogens with one attached hydrogen (secondary N) is 1. The van der Waals surface area contributed by atoms with Crippen molar-refractivity contribution in [2.24, 2.45) is 0 Å². The molecule has 0 fully saturated rings. The molecule has 0 amide bonds. The van der Waals surface area contributed by atoms with Crippen LogP contribution in [-0.4, -0.2) is 6.54 Å². The topological polar surface area (TPSA) is 12.0 Å². The predicted molar refractivity (Wildman–Crippen MR) is 85.1 cm³/mol. The van der Waals surface area contributed by atoms with Gasteiger partial charge in [0.05, 0.1) is 0 Å². The molecular formula is C17H23NS. The molecule has 2 aromatic rings. The second-order valence-electron chi connectivity index (χ2n) is 5.24. The van der Waals surface area contributed by atoms with Crippen molar-refractivity contribution in [3.63, 3.8) is 0 Å². The molecule has 0 spiro atoms. The molecule has 1 aromatic carbocycles. The minimum absolute atomic E-state index is 0.428. The van der Waals surface area contributed by atoms with E-state index in [1.807, 2.05) is 11.3 Å². The lowest BCUT2D eigenvalue weighted by molar-refractivity contribution is 0.549. The van der Waals surface area contributed by atoms with E-state index in [-0.39, 0.29) is 0 Å². The smallest absolute Gasteiger partial charge is 0.0371 e. The van der Waals surface area contributed by atoms with E-state index in [9.17, 15) is 0 Å². The Bertz CT molecular complexity index is 522. The van der Waals surface area contributed by atoms with Gasteiger partial charge in [0, 0.05) is 10.9 Å². The van der Waals surface area contributed by atoms with Gasteiger partial charge in [-0.25, -0.2) is 0 Å². The van der Waals surface area contributed by atoms with E-state index in [1.165, 1.54) is 27.1 Å². The molecule has 0 aliphatic rings. The molecule has 0 bridgehead atoms. The molecule has 0 aliphatic heterocycles. The summed E-state index contributed by atoms with van der Waals surface area (Å²) in [4.78, 5) is 1.43. The number of aryl methyl sites for hydroxylation is 3. The summed E-state index contributed by atoms with van der Waals surface area (Å²) in [5, 5.41) is 5.81. The van der Waals surface area contributed by atoms with Gasteiger partial charge in [-0.15, -0.1) is 11.3 Å². The Balaban J connectivity index is 2.23. The van der Waals surface area contributed by atoms with Gasteiger partial charge in [-0.05, 0) is 56.3 Å². The quantitative estimate of drug-likeness (QED) is 0.841. The molecule has 1 nitrogen and oxygen atoms in total. The summed E-state index contributed by atoms with van der Waals surface area (Å²) in [5.41, 5.74) is 5.58. The van der Waals surface area contributed by atoms with E-state index >= 15 is 0 Å². The Kier molecular flexibility index (Phi) is 4.78. The monoisotopic (exact) mass is 273 g/mol. The van der Waals surface area contributed by atoms with Crippen molar-refractivity contribution in [3.05, 3.63) is 56.8 Å². The van der Waals surface area contributed by atoms with Gasteiger partial charge in [-0.1, -0.05) is 36.2 Å². The third-order valence-electron chi connectivity index (χ3n) is 3.45. The average molecular weight is 273 g/mol. The van der Waals surface area contributed by atoms with E-state index in [0.717, 1.165) is 13.0 Å². The highest BCUT2D eigenvalue weighted by atomic mass is 32.1. The minimum atomic E-state index is 0.428. The maximum Gasteiger partial charge on any atom is 0.0371 e. The SMILES string of the molecule is CCNC(Cc1cc(C)cc(C)c1)c1ccsc1C. The summed E-state index contributed by atoms with van der Waals surface area (Å²) in [6.07, 6.45) is 1.06. The van der Waals surface area contributed by atoms with Crippen LogP contribution in [0.3, 0.4) is 0 Å². The van der Waals surface area contributed by atoms with E-state index in [2.05, 4.69) is 62.7 Å². The van der Waals surface area contributed by atoms with Gasteiger partial charge in [0.15, 0.2) is 0 Å². The number of thiophene rings is 1. The van der Waals surface area contributed by atoms with Crippen LogP contribution in [0.4, 0.5) is 0 Å². The summed E-state index contributed by atoms with van der Waals surface area (Å²) in [6, 6.07) is 9.54. The molecule has 1 atom stereocenters. The maximum absolute atomic E-state index is 3.62. The van der Waals surface area contributed by atoms with Gasteiger partial charge in [-0.3, -0.25) is 0 Å². The van der Waals surface area contributed by atoms with Crippen molar-refractivity contribution in [2.75, 3.05) is 6.54 Å². The van der Waals surface area contributed by atoms with Gasteiger partial charge in [0.25, 0.3) is 0 Å². The lowest BCUT2D eigenvalue weighted by atomic mass is 9.97. The third-order valence-corrected chi connectivity index (χ3v) is 4.31. The van der Waals surface area contributed by atoms with E-state index < -0.39 is 0 Å². The van der Waals surface area contributed by atoms with Crippen molar-refractivity contribution in [2.45, 2.75) is 40.2 Å². The Morgan fingerprint density at radius 3 is 2.32 bits per heavy atom. The van der Waals surface area contributed by atoms with Crippen molar-refractivity contribution >= 4 is 11.3 Å². The molecule has 0 saturated carbocycles. The lowest BCUT2D eigenvalue weighted by Crippen LogP contribution is -2.23.